The van der Waals surface area contributed by atoms with Gasteiger partial charge in [-0.15, -0.1) is 0 Å². The first-order valence-corrected chi connectivity index (χ1v) is 6.71. The lowest BCUT2D eigenvalue weighted by Gasteiger charge is -2.20. The zero-order valence-corrected chi connectivity index (χ0v) is 11.4. The van der Waals surface area contributed by atoms with Crippen molar-refractivity contribution in [3.63, 3.8) is 0 Å². The molecule has 0 unspecified atom stereocenters. The molecule has 2 N–H and O–H groups in total. The Balaban J connectivity index is 1.98. The maximum atomic E-state index is 5.61. The quantitative estimate of drug-likeness (QED) is 0.862. The van der Waals surface area contributed by atoms with Crippen molar-refractivity contribution in [2.75, 3.05) is 6.54 Å². The monoisotopic (exact) mass is 255 g/mol. The van der Waals surface area contributed by atoms with Gasteiger partial charge in [-0.3, -0.25) is 9.88 Å². The van der Waals surface area contributed by atoms with Gasteiger partial charge in [0, 0.05) is 32.0 Å². The Morgan fingerprint density at radius 1 is 0.895 bits per heavy atom. The first-order chi connectivity index (χ1) is 9.31. The smallest absolute Gasteiger partial charge is 0.0271 e. The summed E-state index contributed by atoms with van der Waals surface area (Å²) in [5.74, 6) is 0. The van der Waals surface area contributed by atoms with E-state index in [-0.39, 0.29) is 0 Å². The van der Waals surface area contributed by atoms with E-state index < -0.39 is 0 Å². The van der Waals surface area contributed by atoms with E-state index in [0.717, 1.165) is 19.6 Å². The Bertz CT molecular complexity index is 479. The maximum absolute atomic E-state index is 5.61. The molecule has 0 bridgehead atoms. The highest BCUT2D eigenvalue weighted by molar-refractivity contribution is 5.22. The first-order valence-electron chi connectivity index (χ1n) is 6.71. The van der Waals surface area contributed by atoms with Crippen molar-refractivity contribution < 1.29 is 0 Å². The Kier molecular flexibility index (Phi) is 5.07. The molecule has 19 heavy (non-hydrogen) atoms. The summed E-state index contributed by atoms with van der Waals surface area (Å²) in [4.78, 5) is 6.46. The molecular formula is C16H21N3. The lowest BCUT2D eigenvalue weighted by atomic mass is 10.1. The molecule has 1 aromatic heterocycles. The van der Waals surface area contributed by atoms with E-state index in [4.69, 9.17) is 5.73 Å². The van der Waals surface area contributed by atoms with Gasteiger partial charge < -0.3 is 5.73 Å². The zero-order chi connectivity index (χ0) is 13.5. The molecule has 0 radical (unpaired) electrons. The van der Waals surface area contributed by atoms with Gasteiger partial charge in [0.1, 0.15) is 0 Å². The topological polar surface area (TPSA) is 42.2 Å². The fourth-order valence-corrected chi connectivity index (χ4v) is 2.06. The van der Waals surface area contributed by atoms with Crippen molar-refractivity contribution in [2.24, 2.45) is 5.73 Å². The number of benzene rings is 1. The van der Waals surface area contributed by atoms with Crippen LogP contribution in [-0.2, 0) is 19.6 Å². The summed E-state index contributed by atoms with van der Waals surface area (Å²) in [7, 11) is 0. The van der Waals surface area contributed by atoms with Crippen LogP contribution in [0.2, 0.25) is 0 Å². The summed E-state index contributed by atoms with van der Waals surface area (Å²) >= 11 is 0. The van der Waals surface area contributed by atoms with Crippen LogP contribution in [-0.4, -0.2) is 16.4 Å². The zero-order valence-electron chi connectivity index (χ0n) is 11.4. The third-order valence-electron chi connectivity index (χ3n) is 3.27. The number of hydrogen-bond acceptors (Lipinski definition) is 3. The van der Waals surface area contributed by atoms with Gasteiger partial charge in [-0.25, -0.2) is 0 Å². The van der Waals surface area contributed by atoms with Crippen molar-refractivity contribution >= 4 is 0 Å². The predicted octanol–water partition coefficient (Wildman–Crippen LogP) is 2.56. The molecule has 0 aliphatic heterocycles. The first kappa shape index (κ1) is 13.7. The Morgan fingerprint density at radius 2 is 1.42 bits per heavy atom. The minimum absolute atomic E-state index is 0.606. The largest absolute Gasteiger partial charge is 0.326 e. The highest BCUT2D eigenvalue weighted by Gasteiger charge is 2.04. The van der Waals surface area contributed by atoms with Crippen LogP contribution in [0.25, 0.3) is 0 Å². The van der Waals surface area contributed by atoms with Crippen LogP contribution in [0.15, 0.2) is 48.8 Å². The molecule has 0 fully saturated rings. The SMILES string of the molecule is CCN(Cc1ccncc1)Cc1ccc(CN)cc1. The van der Waals surface area contributed by atoms with Gasteiger partial charge >= 0.3 is 0 Å². The van der Waals surface area contributed by atoms with Crippen molar-refractivity contribution in [1.82, 2.24) is 9.88 Å². The number of nitrogens with two attached hydrogens (primary N) is 1. The molecule has 0 aliphatic carbocycles. The molecule has 1 heterocycles. The summed E-state index contributed by atoms with van der Waals surface area (Å²) in [5.41, 5.74) is 9.42. The summed E-state index contributed by atoms with van der Waals surface area (Å²) in [6, 6.07) is 12.7. The van der Waals surface area contributed by atoms with Gasteiger partial charge in [0.25, 0.3) is 0 Å². The van der Waals surface area contributed by atoms with Gasteiger partial charge in [-0.05, 0) is 35.4 Å². The van der Waals surface area contributed by atoms with Gasteiger partial charge in [0.2, 0.25) is 0 Å². The summed E-state index contributed by atoms with van der Waals surface area (Å²) in [6.07, 6.45) is 3.69. The van der Waals surface area contributed by atoms with E-state index >= 15 is 0 Å². The van der Waals surface area contributed by atoms with Gasteiger partial charge in [0.15, 0.2) is 0 Å². The summed E-state index contributed by atoms with van der Waals surface area (Å²) in [5, 5.41) is 0. The van der Waals surface area contributed by atoms with E-state index in [0.29, 0.717) is 6.54 Å². The van der Waals surface area contributed by atoms with Crippen LogP contribution in [0.1, 0.15) is 23.6 Å². The second-order valence-corrected chi connectivity index (χ2v) is 4.68. The fraction of sp³-hybridized carbons (Fsp3) is 0.312. The molecule has 0 atom stereocenters. The van der Waals surface area contributed by atoms with Crippen LogP contribution >= 0.6 is 0 Å². The molecule has 2 rings (SSSR count). The van der Waals surface area contributed by atoms with Crippen LogP contribution in [0.3, 0.4) is 0 Å². The molecule has 0 aliphatic rings. The molecule has 0 amide bonds. The molecule has 3 nitrogen and oxygen atoms in total. The second kappa shape index (κ2) is 7.02. The molecule has 3 heteroatoms. The van der Waals surface area contributed by atoms with E-state index in [9.17, 15) is 0 Å². The summed E-state index contributed by atoms with van der Waals surface area (Å²) < 4.78 is 0. The highest BCUT2D eigenvalue weighted by Crippen LogP contribution is 2.10. The third-order valence-corrected chi connectivity index (χ3v) is 3.27. The van der Waals surface area contributed by atoms with E-state index in [1.165, 1.54) is 16.7 Å². The average Bonchev–Trinajstić information content (AvgIpc) is 2.48. The Morgan fingerprint density at radius 3 is 1.95 bits per heavy atom. The Labute approximate surface area is 115 Å². The molecule has 1 aromatic carbocycles. The van der Waals surface area contributed by atoms with Crippen LogP contribution in [0.4, 0.5) is 0 Å². The minimum Gasteiger partial charge on any atom is -0.326 e. The van der Waals surface area contributed by atoms with Gasteiger partial charge in [-0.2, -0.15) is 0 Å². The van der Waals surface area contributed by atoms with E-state index in [2.05, 4.69) is 53.2 Å². The van der Waals surface area contributed by atoms with Crippen molar-refractivity contribution in [3.05, 3.63) is 65.5 Å². The number of pyridine rings is 1. The molecule has 100 valence electrons. The van der Waals surface area contributed by atoms with Crippen molar-refractivity contribution in [2.45, 2.75) is 26.6 Å². The third kappa shape index (κ3) is 4.16. The second-order valence-electron chi connectivity index (χ2n) is 4.68. The normalized spacial score (nSPS) is 10.9. The molecular weight excluding hydrogens is 234 g/mol. The number of aromatic nitrogens is 1. The van der Waals surface area contributed by atoms with E-state index in [1.807, 2.05) is 12.4 Å². The van der Waals surface area contributed by atoms with Crippen molar-refractivity contribution in [3.8, 4) is 0 Å². The number of nitrogens with zero attached hydrogens (tertiary/aromatic N) is 2. The molecule has 0 saturated carbocycles. The van der Waals surface area contributed by atoms with Crippen molar-refractivity contribution in [1.29, 1.82) is 0 Å². The van der Waals surface area contributed by atoms with Gasteiger partial charge in [-0.1, -0.05) is 31.2 Å². The van der Waals surface area contributed by atoms with E-state index in [1.54, 1.807) is 0 Å². The standard InChI is InChI=1S/C16H21N3/c1-2-19(13-16-7-9-18-10-8-16)12-15-5-3-14(11-17)4-6-15/h3-10H,2,11-13,17H2,1H3. The van der Waals surface area contributed by atoms with Gasteiger partial charge in [0.05, 0.1) is 0 Å². The number of hydrogen-bond donors (Lipinski definition) is 1. The predicted molar refractivity (Wildman–Crippen MR) is 78.4 cm³/mol. The van der Waals surface area contributed by atoms with Crippen LogP contribution in [0.5, 0.6) is 0 Å². The van der Waals surface area contributed by atoms with Crippen LogP contribution in [0, 0.1) is 0 Å². The Hall–Kier alpha value is -1.71. The molecule has 0 spiro atoms. The van der Waals surface area contributed by atoms with Crippen LogP contribution < -0.4 is 5.73 Å². The molecule has 2 aromatic rings. The lowest BCUT2D eigenvalue weighted by Crippen LogP contribution is -2.22. The summed E-state index contributed by atoms with van der Waals surface area (Å²) in [6.45, 7) is 5.74. The highest BCUT2D eigenvalue weighted by atomic mass is 15.1. The average molecular weight is 255 g/mol. The molecule has 0 saturated heterocycles. The lowest BCUT2D eigenvalue weighted by molar-refractivity contribution is 0.271. The maximum Gasteiger partial charge on any atom is 0.0271 e. The fourth-order valence-electron chi connectivity index (χ4n) is 2.06. The minimum atomic E-state index is 0.606. The number of rotatable bonds is 6.